The number of nitrogens with two attached hydrogens (primary N) is 1. The maximum atomic E-state index is 11.1. The van der Waals surface area contributed by atoms with Crippen molar-refractivity contribution >= 4 is 21.7 Å². The van der Waals surface area contributed by atoms with Gasteiger partial charge in [-0.2, -0.15) is 5.26 Å². The number of benzene rings is 1. The molecule has 0 amide bonds. The minimum absolute atomic E-state index is 0.190. The molecule has 0 fully saturated rings. The number of carbonyl (C=O) groups is 1. The van der Waals surface area contributed by atoms with Crippen LogP contribution in [0.1, 0.15) is 11.4 Å². The van der Waals surface area contributed by atoms with Crippen molar-refractivity contribution in [1.82, 2.24) is 0 Å². The lowest BCUT2D eigenvalue weighted by Crippen LogP contribution is -2.54. The summed E-state index contributed by atoms with van der Waals surface area (Å²) in [6.07, 6.45) is 0. The molecule has 1 rings (SSSR count). The van der Waals surface area contributed by atoms with Gasteiger partial charge in [-0.25, -0.2) is 4.79 Å². The highest BCUT2D eigenvalue weighted by Gasteiger charge is 2.36. The molecule has 0 heterocycles. The van der Waals surface area contributed by atoms with Crippen LogP contribution in [0.2, 0.25) is 0 Å². The molecule has 0 spiro atoms. The van der Waals surface area contributed by atoms with E-state index in [1.807, 2.05) is 0 Å². The molecule has 5 N–H and O–H groups in total. The predicted octanol–water partition coefficient (Wildman–Crippen LogP) is -0.853. The summed E-state index contributed by atoms with van der Waals surface area (Å²) in [7, 11) is 11.0. The molecule has 1 aromatic carbocycles. The maximum Gasteiger partial charge on any atom is 0.352 e. The Kier molecular flexibility index (Phi) is 3.69. The minimum Gasteiger partial charge on any atom is -0.504 e. The SMILES string of the molecule is [B][C@H](c1ccc(O)c(O)c1)[C@@]([B])(N)C(=O)OO. The van der Waals surface area contributed by atoms with Crippen LogP contribution in [0.4, 0.5) is 0 Å². The van der Waals surface area contributed by atoms with Crippen LogP contribution in [-0.2, 0) is 9.68 Å². The molecule has 8 heteroatoms. The van der Waals surface area contributed by atoms with Gasteiger partial charge in [0.25, 0.3) is 0 Å². The maximum absolute atomic E-state index is 11.1. The lowest BCUT2D eigenvalue weighted by atomic mass is 9.58. The molecule has 0 aromatic heterocycles. The van der Waals surface area contributed by atoms with Crippen LogP contribution in [0.3, 0.4) is 0 Å². The second-order valence-corrected chi connectivity index (χ2v) is 3.54. The van der Waals surface area contributed by atoms with Gasteiger partial charge >= 0.3 is 5.97 Å². The average molecular weight is 233 g/mol. The number of hydrogen-bond acceptors (Lipinski definition) is 6. The average Bonchev–Trinajstić information content (AvgIpc) is 2.30. The molecule has 0 aliphatic rings. The Labute approximate surface area is 99.8 Å². The highest BCUT2D eigenvalue weighted by molar-refractivity contribution is 6.33. The van der Waals surface area contributed by atoms with Gasteiger partial charge < -0.3 is 15.9 Å². The third kappa shape index (κ3) is 2.54. The summed E-state index contributed by atoms with van der Waals surface area (Å²) in [5.41, 5.74) is 3.43. The molecule has 0 unspecified atom stereocenters. The molecule has 2 atom stereocenters. The van der Waals surface area contributed by atoms with E-state index < -0.39 is 23.0 Å². The summed E-state index contributed by atoms with van der Waals surface area (Å²) in [5, 5.41) is 26.6. The van der Waals surface area contributed by atoms with Crippen molar-refractivity contribution in [2.75, 3.05) is 0 Å². The molecule has 6 nitrogen and oxygen atoms in total. The van der Waals surface area contributed by atoms with Gasteiger partial charge in [-0.05, 0) is 23.5 Å². The summed E-state index contributed by atoms with van der Waals surface area (Å²) in [5.74, 6) is -3.36. The first-order chi connectivity index (χ1) is 7.80. The van der Waals surface area contributed by atoms with Gasteiger partial charge in [0, 0.05) is 0 Å². The number of carbonyl (C=O) groups excluding carboxylic acids is 1. The van der Waals surface area contributed by atoms with Gasteiger partial charge in [-0.3, -0.25) is 4.89 Å². The molecule has 86 valence electrons. The van der Waals surface area contributed by atoms with E-state index in [-0.39, 0.29) is 11.3 Å². The van der Waals surface area contributed by atoms with Crippen LogP contribution in [0.5, 0.6) is 11.5 Å². The van der Waals surface area contributed by atoms with Crippen molar-refractivity contribution in [3.63, 3.8) is 0 Å². The van der Waals surface area contributed by atoms with E-state index in [1.165, 1.54) is 6.07 Å². The van der Waals surface area contributed by atoms with Crippen LogP contribution in [0, 0.1) is 0 Å². The number of aromatic hydroxyl groups is 2. The Morgan fingerprint density at radius 1 is 1.41 bits per heavy atom. The fraction of sp³-hybridized carbons (Fsp3) is 0.222. The highest BCUT2D eigenvalue weighted by Crippen LogP contribution is 2.30. The summed E-state index contributed by atoms with van der Waals surface area (Å²) in [4.78, 5) is 14.5. The van der Waals surface area contributed by atoms with Gasteiger partial charge in [-0.15, -0.1) is 0 Å². The Balaban J connectivity index is 3.07. The number of hydrogen-bond donors (Lipinski definition) is 4. The normalized spacial score (nSPS) is 15.9. The molecule has 1 aromatic rings. The van der Waals surface area contributed by atoms with Gasteiger partial charge in [0.05, 0.1) is 13.3 Å². The topological polar surface area (TPSA) is 113 Å². The first-order valence-corrected chi connectivity index (χ1v) is 4.51. The summed E-state index contributed by atoms with van der Waals surface area (Å²) < 4.78 is 0. The van der Waals surface area contributed by atoms with Crippen molar-refractivity contribution in [3.8, 4) is 11.5 Å². The van der Waals surface area contributed by atoms with E-state index in [9.17, 15) is 9.90 Å². The molecule has 0 bridgehead atoms. The van der Waals surface area contributed by atoms with Crippen molar-refractivity contribution in [1.29, 1.82) is 0 Å². The van der Waals surface area contributed by atoms with E-state index in [2.05, 4.69) is 4.89 Å². The number of phenols is 2. The zero-order valence-corrected chi connectivity index (χ0v) is 8.70. The first-order valence-electron chi connectivity index (χ1n) is 4.51. The molecule has 4 radical (unpaired) electrons. The Hall–Kier alpha value is -1.66. The van der Waals surface area contributed by atoms with E-state index >= 15 is 0 Å². The largest absolute Gasteiger partial charge is 0.504 e. The monoisotopic (exact) mass is 233 g/mol. The predicted molar refractivity (Wildman–Crippen MR) is 59.7 cm³/mol. The van der Waals surface area contributed by atoms with Crippen LogP contribution in [0.25, 0.3) is 0 Å². The van der Waals surface area contributed by atoms with Crippen LogP contribution in [0.15, 0.2) is 18.2 Å². The van der Waals surface area contributed by atoms with E-state index in [0.29, 0.717) is 0 Å². The molecule has 0 aliphatic carbocycles. The van der Waals surface area contributed by atoms with Crippen LogP contribution in [-0.4, -0.2) is 42.6 Å². The van der Waals surface area contributed by atoms with Crippen molar-refractivity contribution in [2.45, 2.75) is 11.3 Å². The Bertz CT molecular complexity index is 437. The molecule has 0 aliphatic heterocycles. The molecule has 0 saturated heterocycles. The lowest BCUT2D eigenvalue weighted by molar-refractivity contribution is -0.237. The number of phenolic OH excluding ortho intramolecular Hbond substituents is 2. The summed E-state index contributed by atoms with van der Waals surface area (Å²) in [6, 6.07) is 3.57. The van der Waals surface area contributed by atoms with Gasteiger partial charge in [0.2, 0.25) is 0 Å². The second kappa shape index (κ2) is 4.68. The first kappa shape index (κ1) is 13.4. The third-order valence-corrected chi connectivity index (χ3v) is 2.31. The van der Waals surface area contributed by atoms with Crippen LogP contribution >= 0.6 is 0 Å². The van der Waals surface area contributed by atoms with Crippen LogP contribution < -0.4 is 5.73 Å². The van der Waals surface area contributed by atoms with Gasteiger partial charge in [0.1, 0.15) is 7.85 Å². The Morgan fingerprint density at radius 2 is 2.00 bits per heavy atom. The Morgan fingerprint density at radius 3 is 2.47 bits per heavy atom. The molecule has 0 saturated carbocycles. The zero-order valence-electron chi connectivity index (χ0n) is 8.70. The second-order valence-electron chi connectivity index (χ2n) is 3.54. The van der Waals surface area contributed by atoms with Crippen molar-refractivity contribution < 1.29 is 25.2 Å². The highest BCUT2D eigenvalue weighted by atomic mass is 17.1. The summed E-state index contributed by atoms with van der Waals surface area (Å²) >= 11 is 0. The standard InChI is InChI=1S/C9H9B2NO5/c10-7(9(11,12)8(15)17-16)4-1-2-5(13)6(14)3-4/h1-3,7,13-14,16H,12H2/t7-,9-/m1/s1. The number of rotatable bonds is 3. The third-order valence-electron chi connectivity index (χ3n) is 2.31. The van der Waals surface area contributed by atoms with Gasteiger partial charge in [-0.1, -0.05) is 6.07 Å². The smallest absolute Gasteiger partial charge is 0.352 e. The molecule has 17 heavy (non-hydrogen) atoms. The van der Waals surface area contributed by atoms with Gasteiger partial charge in [0.15, 0.2) is 11.5 Å². The van der Waals surface area contributed by atoms with E-state index in [0.717, 1.165) is 12.1 Å². The van der Waals surface area contributed by atoms with Crippen molar-refractivity contribution in [3.05, 3.63) is 23.8 Å². The summed E-state index contributed by atoms with van der Waals surface area (Å²) in [6.45, 7) is 0. The minimum atomic E-state index is -2.17. The fourth-order valence-electron chi connectivity index (χ4n) is 1.22. The molecular weight excluding hydrogens is 224 g/mol. The van der Waals surface area contributed by atoms with Crippen molar-refractivity contribution in [2.24, 2.45) is 5.73 Å². The van der Waals surface area contributed by atoms with E-state index in [1.54, 1.807) is 0 Å². The molecular formula is C9H9B2NO5. The quantitative estimate of drug-likeness (QED) is 0.234. The lowest BCUT2D eigenvalue weighted by Gasteiger charge is -2.29. The zero-order chi connectivity index (χ0) is 13.2. The fourth-order valence-corrected chi connectivity index (χ4v) is 1.22. The van der Waals surface area contributed by atoms with E-state index in [4.69, 9.17) is 31.8 Å².